The summed E-state index contributed by atoms with van der Waals surface area (Å²) in [4.78, 5) is 31.6. The molecular weight excluding hydrogens is 454 g/mol. The Hall–Kier alpha value is -4.72. The number of anilines is 1. The first-order valence-electron chi connectivity index (χ1n) is 11.5. The molecule has 0 atom stereocenters. The highest BCUT2D eigenvalue weighted by Crippen LogP contribution is 2.26. The number of fused-ring (bicyclic) bond motifs is 1. The standard InChI is InChI=1S/C28H25N5O3/c1-19(34)32(2)17-20-8-6-11-22(14-20)30-28(35)24-15-26(21-9-4-3-5-10-21)31-27-25(24)16-29-33(27)18-23-12-7-13-36-23/h3-16H,17-18H2,1-2H3,(H,30,35). The maximum Gasteiger partial charge on any atom is 0.256 e. The summed E-state index contributed by atoms with van der Waals surface area (Å²) >= 11 is 0. The fourth-order valence-electron chi connectivity index (χ4n) is 3.99. The Bertz CT molecular complexity index is 1520. The molecule has 0 radical (unpaired) electrons. The van der Waals surface area contributed by atoms with Gasteiger partial charge in [0, 0.05) is 31.8 Å². The van der Waals surface area contributed by atoms with Crippen LogP contribution in [0.3, 0.4) is 0 Å². The first-order chi connectivity index (χ1) is 17.5. The van der Waals surface area contributed by atoms with Crippen molar-refractivity contribution in [1.29, 1.82) is 0 Å². The Balaban J connectivity index is 1.51. The van der Waals surface area contributed by atoms with Crippen LogP contribution in [-0.2, 0) is 17.9 Å². The van der Waals surface area contributed by atoms with E-state index >= 15 is 0 Å². The van der Waals surface area contributed by atoms with E-state index in [2.05, 4.69) is 10.4 Å². The molecule has 0 fully saturated rings. The van der Waals surface area contributed by atoms with Crippen molar-refractivity contribution in [2.24, 2.45) is 0 Å². The van der Waals surface area contributed by atoms with Crippen LogP contribution in [0.25, 0.3) is 22.3 Å². The van der Waals surface area contributed by atoms with E-state index in [1.807, 2.05) is 66.7 Å². The summed E-state index contributed by atoms with van der Waals surface area (Å²) < 4.78 is 7.22. The number of nitrogens with zero attached hydrogens (tertiary/aromatic N) is 4. The summed E-state index contributed by atoms with van der Waals surface area (Å²) in [6.45, 7) is 2.38. The average Bonchev–Trinajstić information content (AvgIpc) is 3.54. The van der Waals surface area contributed by atoms with Crippen LogP contribution in [0.1, 0.15) is 28.6 Å². The summed E-state index contributed by atoms with van der Waals surface area (Å²) in [6.07, 6.45) is 3.28. The van der Waals surface area contributed by atoms with Gasteiger partial charge >= 0.3 is 0 Å². The van der Waals surface area contributed by atoms with E-state index in [1.54, 1.807) is 35.2 Å². The number of pyridine rings is 1. The molecule has 0 bridgehead atoms. The molecule has 3 aromatic heterocycles. The molecule has 8 nitrogen and oxygen atoms in total. The number of hydrogen-bond acceptors (Lipinski definition) is 5. The third-order valence-electron chi connectivity index (χ3n) is 5.95. The number of furan rings is 1. The quantitative estimate of drug-likeness (QED) is 0.356. The van der Waals surface area contributed by atoms with E-state index in [0.29, 0.717) is 41.1 Å². The molecule has 0 unspecified atom stereocenters. The number of carbonyl (C=O) groups is 2. The van der Waals surface area contributed by atoms with E-state index in [9.17, 15) is 9.59 Å². The number of hydrogen-bond donors (Lipinski definition) is 1. The van der Waals surface area contributed by atoms with Crippen molar-refractivity contribution in [2.45, 2.75) is 20.0 Å². The zero-order chi connectivity index (χ0) is 25.1. The fourth-order valence-corrected chi connectivity index (χ4v) is 3.99. The second-order valence-corrected chi connectivity index (χ2v) is 8.57. The van der Waals surface area contributed by atoms with Crippen LogP contribution < -0.4 is 5.32 Å². The van der Waals surface area contributed by atoms with Crippen molar-refractivity contribution in [3.05, 3.63) is 102 Å². The summed E-state index contributed by atoms with van der Waals surface area (Å²) in [6, 6.07) is 22.7. The minimum atomic E-state index is -0.269. The van der Waals surface area contributed by atoms with Gasteiger partial charge in [0.25, 0.3) is 5.91 Å². The molecule has 8 heteroatoms. The number of aromatic nitrogens is 3. The normalized spacial score (nSPS) is 10.9. The Morgan fingerprint density at radius 2 is 1.86 bits per heavy atom. The molecule has 0 aliphatic heterocycles. The molecule has 1 N–H and O–H groups in total. The predicted molar refractivity (Wildman–Crippen MR) is 137 cm³/mol. The summed E-state index contributed by atoms with van der Waals surface area (Å²) in [5, 5.41) is 8.14. The predicted octanol–water partition coefficient (Wildman–Crippen LogP) is 4.97. The van der Waals surface area contributed by atoms with E-state index in [4.69, 9.17) is 9.40 Å². The molecule has 0 aliphatic rings. The number of nitrogens with one attached hydrogen (secondary N) is 1. The fraction of sp³-hybridized carbons (Fsp3) is 0.143. The average molecular weight is 480 g/mol. The minimum absolute atomic E-state index is 0.0244. The van der Waals surface area contributed by atoms with Crippen molar-refractivity contribution < 1.29 is 14.0 Å². The third-order valence-corrected chi connectivity index (χ3v) is 5.95. The van der Waals surface area contributed by atoms with Crippen molar-refractivity contribution >= 4 is 28.5 Å². The molecule has 3 heterocycles. The van der Waals surface area contributed by atoms with Crippen LogP contribution in [0.5, 0.6) is 0 Å². The van der Waals surface area contributed by atoms with E-state index in [1.165, 1.54) is 6.92 Å². The van der Waals surface area contributed by atoms with Gasteiger partial charge in [-0.2, -0.15) is 5.10 Å². The van der Waals surface area contributed by atoms with Crippen molar-refractivity contribution in [2.75, 3.05) is 12.4 Å². The lowest BCUT2D eigenvalue weighted by molar-refractivity contribution is -0.128. The van der Waals surface area contributed by atoms with Crippen LogP contribution >= 0.6 is 0 Å². The van der Waals surface area contributed by atoms with Gasteiger partial charge in [-0.15, -0.1) is 0 Å². The van der Waals surface area contributed by atoms with Gasteiger partial charge < -0.3 is 14.6 Å². The van der Waals surface area contributed by atoms with E-state index in [-0.39, 0.29) is 11.8 Å². The summed E-state index contributed by atoms with van der Waals surface area (Å²) in [5.41, 5.74) is 4.19. The molecular formula is C28H25N5O3. The molecule has 2 aromatic carbocycles. The third kappa shape index (κ3) is 4.88. The Morgan fingerprint density at radius 3 is 2.61 bits per heavy atom. The first-order valence-corrected chi connectivity index (χ1v) is 11.5. The van der Waals surface area contributed by atoms with Gasteiger partial charge in [-0.1, -0.05) is 42.5 Å². The van der Waals surface area contributed by atoms with Gasteiger partial charge in [0.05, 0.1) is 29.1 Å². The number of amides is 2. The molecule has 180 valence electrons. The van der Waals surface area contributed by atoms with Gasteiger partial charge in [0.1, 0.15) is 12.3 Å². The molecule has 36 heavy (non-hydrogen) atoms. The Labute approximate surface area is 208 Å². The van der Waals surface area contributed by atoms with Crippen molar-refractivity contribution in [3.63, 3.8) is 0 Å². The second-order valence-electron chi connectivity index (χ2n) is 8.57. The molecule has 2 amide bonds. The van der Waals surface area contributed by atoms with Crippen molar-refractivity contribution in [3.8, 4) is 11.3 Å². The number of benzene rings is 2. The van der Waals surface area contributed by atoms with Gasteiger partial charge in [-0.3, -0.25) is 9.59 Å². The number of rotatable bonds is 7. The topological polar surface area (TPSA) is 93.3 Å². The summed E-state index contributed by atoms with van der Waals surface area (Å²) in [5.74, 6) is 0.447. The largest absolute Gasteiger partial charge is 0.467 e. The van der Waals surface area contributed by atoms with Gasteiger partial charge in [0.15, 0.2) is 5.65 Å². The SMILES string of the molecule is CC(=O)N(C)Cc1cccc(NC(=O)c2cc(-c3ccccc3)nc3c2cnn3Cc2ccco2)c1. The van der Waals surface area contributed by atoms with Gasteiger partial charge in [-0.05, 0) is 35.9 Å². The Morgan fingerprint density at radius 1 is 1.03 bits per heavy atom. The second kappa shape index (κ2) is 9.87. The van der Waals surface area contributed by atoms with Crippen LogP contribution in [0, 0.1) is 0 Å². The summed E-state index contributed by atoms with van der Waals surface area (Å²) in [7, 11) is 1.74. The highest BCUT2D eigenvalue weighted by atomic mass is 16.3. The number of carbonyl (C=O) groups excluding carboxylic acids is 2. The zero-order valence-corrected chi connectivity index (χ0v) is 20.0. The Kier molecular flexibility index (Phi) is 6.32. The molecule has 0 saturated carbocycles. The molecule has 0 saturated heterocycles. The maximum atomic E-state index is 13.5. The first kappa shape index (κ1) is 23.0. The van der Waals surface area contributed by atoms with Crippen LogP contribution in [0.15, 0.2) is 89.7 Å². The van der Waals surface area contributed by atoms with Gasteiger partial charge in [0.2, 0.25) is 5.91 Å². The lowest BCUT2D eigenvalue weighted by Crippen LogP contribution is -2.23. The van der Waals surface area contributed by atoms with E-state index < -0.39 is 0 Å². The van der Waals surface area contributed by atoms with Crippen LogP contribution in [0.4, 0.5) is 5.69 Å². The van der Waals surface area contributed by atoms with Gasteiger partial charge in [-0.25, -0.2) is 9.67 Å². The minimum Gasteiger partial charge on any atom is -0.467 e. The smallest absolute Gasteiger partial charge is 0.256 e. The molecule has 0 spiro atoms. The highest BCUT2D eigenvalue weighted by molar-refractivity contribution is 6.12. The maximum absolute atomic E-state index is 13.5. The monoisotopic (exact) mass is 479 g/mol. The van der Waals surface area contributed by atoms with Crippen molar-refractivity contribution in [1.82, 2.24) is 19.7 Å². The van der Waals surface area contributed by atoms with E-state index in [0.717, 1.165) is 16.9 Å². The lowest BCUT2D eigenvalue weighted by Gasteiger charge is -2.15. The zero-order valence-electron chi connectivity index (χ0n) is 20.0. The molecule has 5 aromatic rings. The molecule has 0 aliphatic carbocycles. The van der Waals surface area contributed by atoms with Crippen LogP contribution in [-0.4, -0.2) is 38.5 Å². The highest BCUT2D eigenvalue weighted by Gasteiger charge is 2.18. The van der Waals surface area contributed by atoms with Crippen LogP contribution in [0.2, 0.25) is 0 Å². The molecule has 5 rings (SSSR count). The lowest BCUT2D eigenvalue weighted by atomic mass is 10.1.